The fraction of sp³-hybridized carbons (Fsp3) is 0.125. The lowest BCUT2D eigenvalue weighted by Gasteiger charge is -2.12. The largest absolute Gasteiger partial charge is 0.506 e. The number of phenols is 1. The van der Waals surface area contributed by atoms with Crippen molar-refractivity contribution in [3.63, 3.8) is 0 Å². The molecule has 2 aromatic carbocycles. The van der Waals surface area contributed by atoms with Gasteiger partial charge in [0.15, 0.2) is 6.04 Å². The maximum Gasteiger partial charge on any atom is 0.280 e. The van der Waals surface area contributed by atoms with E-state index in [4.69, 9.17) is 28.3 Å². The minimum atomic E-state index is -4.12. The van der Waals surface area contributed by atoms with E-state index in [-0.39, 0.29) is 10.7 Å². The van der Waals surface area contributed by atoms with Crippen LogP contribution in [0.4, 0.5) is 11.4 Å². The Kier molecular flexibility index (Phi) is 5.39. The van der Waals surface area contributed by atoms with Gasteiger partial charge in [0.1, 0.15) is 16.3 Å². The molecular weight excluding hydrogens is 429 g/mol. The number of benzene rings is 2. The van der Waals surface area contributed by atoms with Crippen molar-refractivity contribution in [2.45, 2.75) is 17.9 Å². The van der Waals surface area contributed by atoms with Crippen LogP contribution in [0.15, 0.2) is 56.6 Å². The molecule has 0 saturated carbocycles. The van der Waals surface area contributed by atoms with Crippen LogP contribution in [0.2, 0.25) is 10.0 Å². The summed E-state index contributed by atoms with van der Waals surface area (Å²) in [6, 6.07) is 7.51. The van der Waals surface area contributed by atoms with Crippen molar-refractivity contribution in [3.8, 4) is 5.75 Å². The fourth-order valence-electron chi connectivity index (χ4n) is 2.43. The molecule has 2 aromatic rings. The van der Waals surface area contributed by atoms with Crippen LogP contribution in [-0.4, -0.2) is 31.2 Å². The molecule has 0 spiro atoms. The molecule has 0 aromatic heterocycles. The average molecular weight is 442 g/mol. The van der Waals surface area contributed by atoms with E-state index in [0.29, 0.717) is 16.4 Å². The Hall–Kier alpha value is -2.53. The predicted molar refractivity (Wildman–Crippen MR) is 105 cm³/mol. The summed E-state index contributed by atoms with van der Waals surface area (Å²) in [6.07, 6.45) is 0. The third-order valence-electron chi connectivity index (χ3n) is 3.77. The van der Waals surface area contributed by atoms with Crippen molar-refractivity contribution in [1.29, 1.82) is 0 Å². The summed E-state index contributed by atoms with van der Waals surface area (Å²) in [5, 5.41) is 28.2. The highest BCUT2D eigenvalue weighted by Gasteiger charge is 2.35. The van der Waals surface area contributed by atoms with Crippen molar-refractivity contribution in [2.75, 3.05) is 5.01 Å². The monoisotopic (exact) mass is 441 g/mol. The second-order valence-electron chi connectivity index (χ2n) is 5.81. The zero-order valence-electron chi connectivity index (χ0n) is 14.2. The SMILES string of the molecule is CC1=NN(c2cccc(Cl)c2)C(=O)C1N=Nc1cc(Cl)c(S(N)(=O)=O)cc1O. The second kappa shape index (κ2) is 7.47. The molecule has 1 heterocycles. The molecule has 1 atom stereocenters. The molecule has 28 heavy (non-hydrogen) atoms. The van der Waals surface area contributed by atoms with E-state index in [2.05, 4.69) is 15.3 Å². The smallest absolute Gasteiger partial charge is 0.280 e. The molecule has 1 amide bonds. The molecular formula is C16H13Cl2N5O4S. The number of aromatic hydroxyl groups is 1. The van der Waals surface area contributed by atoms with Crippen LogP contribution in [0.3, 0.4) is 0 Å². The van der Waals surface area contributed by atoms with Gasteiger partial charge in [0.25, 0.3) is 5.91 Å². The number of azo groups is 1. The number of carbonyl (C=O) groups is 1. The van der Waals surface area contributed by atoms with Crippen molar-refractivity contribution in [2.24, 2.45) is 20.5 Å². The first-order valence-corrected chi connectivity index (χ1v) is 9.99. The summed E-state index contributed by atoms with van der Waals surface area (Å²) in [5.41, 5.74) is 0.720. The third kappa shape index (κ3) is 3.99. The Labute approximate surface area is 170 Å². The molecule has 1 unspecified atom stereocenters. The number of hydrazone groups is 1. The summed E-state index contributed by atoms with van der Waals surface area (Å²) >= 11 is 11.8. The number of amides is 1. The highest BCUT2D eigenvalue weighted by atomic mass is 35.5. The van der Waals surface area contributed by atoms with Crippen molar-refractivity contribution < 1.29 is 18.3 Å². The third-order valence-corrected chi connectivity index (χ3v) is 5.38. The van der Waals surface area contributed by atoms with Crippen LogP contribution < -0.4 is 10.1 Å². The minimum absolute atomic E-state index is 0.126. The topological polar surface area (TPSA) is 138 Å². The number of sulfonamides is 1. The van der Waals surface area contributed by atoms with E-state index in [1.54, 1.807) is 31.2 Å². The second-order valence-corrected chi connectivity index (χ2v) is 8.18. The van der Waals surface area contributed by atoms with Crippen LogP contribution >= 0.6 is 23.2 Å². The first kappa shape index (κ1) is 20.2. The Balaban J connectivity index is 1.88. The van der Waals surface area contributed by atoms with Gasteiger partial charge in [-0.3, -0.25) is 4.79 Å². The van der Waals surface area contributed by atoms with E-state index in [1.807, 2.05) is 0 Å². The summed E-state index contributed by atoms with van der Waals surface area (Å²) < 4.78 is 22.8. The van der Waals surface area contributed by atoms with E-state index >= 15 is 0 Å². The number of hydrogen-bond donors (Lipinski definition) is 2. The molecule has 0 saturated heterocycles. The zero-order valence-corrected chi connectivity index (χ0v) is 16.6. The van der Waals surface area contributed by atoms with E-state index in [1.165, 1.54) is 0 Å². The molecule has 9 nitrogen and oxygen atoms in total. The van der Waals surface area contributed by atoms with Crippen LogP contribution in [-0.2, 0) is 14.8 Å². The number of anilines is 1. The maximum atomic E-state index is 12.6. The number of primary sulfonamides is 1. The van der Waals surface area contributed by atoms with Crippen molar-refractivity contribution >= 4 is 56.2 Å². The van der Waals surface area contributed by atoms with E-state index in [9.17, 15) is 18.3 Å². The van der Waals surface area contributed by atoms with Gasteiger partial charge in [0.05, 0.1) is 16.4 Å². The Morgan fingerprint density at radius 1 is 1.25 bits per heavy atom. The number of hydrogen-bond acceptors (Lipinski definition) is 7. The molecule has 0 aliphatic carbocycles. The Bertz CT molecular complexity index is 1130. The molecule has 146 valence electrons. The van der Waals surface area contributed by atoms with Gasteiger partial charge in [0.2, 0.25) is 10.0 Å². The number of rotatable bonds is 4. The lowest BCUT2D eigenvalue weighted by atomic mass is 10.2. The van der Waals surface area contributed by atoms with Gasteiger partial charge in [-0.2, -0.15) is 20.3 Å². The lowest BCUT2D eigenvalue weighted by Crippen LogP contribution is -2.29. The first-order valence-electron chi connectivity index (χ1n) is 7.68. The first-order chi connectivity index (χ1) is 13.1. The zero-order chi connectivity index (χ0) is 20.6. The molecule has 0 bridgehead atoms. The van der Waals surface area contributed by atoms with Gasteiger partial charge in [-0.1, -0.05) is 29.3 Å². The maximum absolute atomic E-state index is 12.6. The van der Waals surface area contributed by atoms with Crippen LogP contribution in [0.5, 0.6) is 5.75 Å². The van der Waals surface area contributed by atoms with Gasteiger partial charge in [-0.05, 0) is 31.2 Å². The normalized spacial score (nSPS) is 17.4. The van der Waals surface area contributed by atoms with Crippen molar-refractivity contribution in [3.05, 3.63) is 46.4 Å². The van der Waals surface area contributed by atoms with E-state index in [0.717, 1.165) is 17.1 Å². The molecule has 1 aliphatic rings. The molecule has 0 fully saturated rings. The van der Waals surface area contributed by atoms with Crippen LogP contribution in [0.25, 0.3) is 0 Å². The van der Waals surface area contributed by atoms with Crippen LogP contribution in [0.1, 0.15) is 6.92 Å². The molecule has 0 radical (unpaired) electrons. The number of nitrogens with zero attached hydrogens (tertiary/aromatic N) is 4. The molecule has 3 rings (SSSR count). The lowest BCUT2D eigenvalue weighted by molar-refractivity contribution is -0.117. The summed E-state index contributed by atoms with van der Waals surface area (Å²) in [5.74, 6) is -0.973. The number of phenolic OH excluding ortho intramolecular Hbond substituents is 1. The molecule has 3 N–H and O–H groups in total. The fourth-order valence-corrected chi connectivity index (χ4v) is 3.70. The van der Waals surface area contributed by atoms with E-state index < -0.39 is 32.6 Å². The van der Waals surface area contributed by atoms with Gasteiger partial charge < -0.3 is 5.11 Å². The standard InChI is InChI=1S/C16H13Cl2N5O4S/c1-8-15(16(25)23(22-8)10-4-2-3-9(17)5-10)21-20-12-6-11(18)14(7-13(12)24)28(19,26)27/h2-7,15,24H,1H3,(H2,19,26,27). The number of nitrogens with two attached hydrogens (primary N) is 1. The average Bonchev–Trinajstić information content (AvgIpc) is 2.88. The highest BCUT2D eigenvalue weighted by molar-refractivity contribution is 7.89. The van der Waals surface area contributed by atoms with Gasteiger partial charge in [-0.25, -0.2) is 13.6 Å². The van der Waals surface area contributed by atoms with Crippen LogP contribution in [0, 0.1) is 0 Å². The highest BCUT2D eigenvalue weighted by Crippen LogP contribution is 2.35. The summed E-state index contributed by atoms with van der Waals surface area (Å²) in [6.45, 7) is 1.60. The van der Waals surface area contributed by atoms with Gasteiger partial charge >= 0.3 is 0 Å². The number of halogens is 2. The Morgan fingerprint density at radius 2 is 1.96 bits per heavy atom. The number of carbonyl (C=O) groups excluding carboxylic acids is 1. The Morgan fingerprint density at radius 3 is 2.61 bits per heavy atom. The van der Waals surface area contributed by atoms with Crippen molar-refractivity contribution in [1.82, 2.24) is 0 Å². The molecule has 1 aliphatic heterocycles. The van der Waals surface area contributed by atoms with Gasteiger partial charge in [0, 0.05) is 11.1 Å². The summed E-state index contributed by atoms with van der Waals surface area (Å²) in [7, 11) is -4.12. The quantitative estimate of drug-likeness (QED) is 0.702. The molecule has 12 heteroatoms. The predicted octanol–water partition coefficient (Wildman–Crippen LogP) is 3.22. The summed E-state index contributed by atoms with van der Waals surface area (Å²) in [4.78, 5) is 12.2. The van der Waals surface area contributed by atoms with Gasteiger partial charge in [-0.15, -0.1) is 0 Å². The minimum Gasteiger partial charge on any atom is -0.506 e.